The third-order valence-corrected chi connectivity index (χ3v) is 5.12. The van der Waals surface area contributed by atoms with E-state index in [1.807, 2.05) is 20.8 Å². The number of benzene rings is 1. The summed E-state index contributed by atoms with van der Waals surface area (Å²) in [4.78, 5) is 28.0. The van der Waals surface area contributed by atoms with Crippen molar-refractivity contribution in [1.29, 1.82) is 0 Å². The first-order chi connectivity index (χ1) is 12.6. The van der Waals surface area contributed by atoms with Crippen LogP contribution in [0.25, 0.3) is 0 Å². The molecule has 27 heavy (non-hydrogen) atoms. The van der Waals surface area contributed by atoms with Crippen molar-refractivity contribution in [3.05, 3.63) is 33.8 Å². The van der Waals surface area contributed by atoms with E-state index in [0.717, 1.165) is 5.56 Å². The zero-order valence-corrected chi connectivity index (χ0v) is 17.2. The number of rotatable bonds is 2. The van der Waals surface area contributed by atoms with Crippen LogP contribution in [0.4, 0.5) is 9.59 Å². The van der Waals surface area contributed by atoms with Crippen LogP contribution in [0.1, 0.15) is 26.3 Å². The highest BCUT2D eigenvalue weighted by atomic mass is 35.5. The summed E-state index contributed by atoms with van der Waals surface area (Å²) in [5.41, 5.74) is 0.241. The van der Waals surface area contributed by atoms with Gasteiger partial charge in [0.2, 0.25) is 0 Å². The van der Waals surface area contributed by atoms with Crippen molar-refractivity contribution < 1.29 is 19.1 Å². The predicted octanol–water partition coefficient (Wildman–Crippen LogP) is 4.43. The Hall–Kier alpha value is -1.66. The van der Waals surface area contributed by atoms with E-state index in [9.17, 15) is 9.59 Å². The number of nitrogens with zero attached hydrogens (tertiary/aromatic N) is 2. The summed E-state index contributed by atoms with van der Waals surface area (Å²) in [5.74, 6) is 0.511. The second kappa shape index (κ2) is 7.76. The Morgan fingerprint density at radius 2 is 1.44 bits per heavy atom. The number of carbonyl (C=O) groups excluding carboxylic acids is 2. The average Bonchev–Trinajstić information content (AvgIpc) is 3.08. The number of carbonyl (C=O) groups is 2. The van der Waals surface area contributed by atoms with Crippen LogP contribution in [0.2, 0.25) is 10.0 Å². The van der Waals surface area contributed by atoms with Gasteiger partial charge in [-0.3, -0.25) is 0 Å². The number of hydrogen-bond donors (Lipinski definition) is 0. The lowest BCUT2D eigenvalue weighted by Crippen LogP contribution is -2.38. The minimum absolute atomic E-state index is 0.120. The standard InChI is InChI=1S/C19H24Cl2N2O4/c1-19(2,3)27-18(25)23-9-13-7-22(8-14(13)10-23)17(24)26-11-12-4-15(20)6-16(21)5-12/h4-6,13-14H,7-11H2,1-3H3. The summed E-state index contributed by atoms with van der Waals surface area (Å²) < 4.78 is 10.8. The van der Waals surface area contributed by atoms with E-state index in [4.69, 9.17) is 32.7 Å². The third kappa shape index (κ3) is 5.20. The van der Waals surface area contributed by atoms with Crippen molar-refractivity contribution in [3.8, 4) is 0 Å². The number of amides is 2. The van der Waals surface area contributed by atoms with Crippen LogP contribution in [-0.4, -0.2) is 53.8 Å². The van der Waals surface area contributed by atoms with Gasteiger partial charge in [0.25, 0.3) is 0 Å². The molecule has 8 heteroatoms. The van der Waals surface area contributed by atoms with E-state index < -0.39 is 5.60 Å². The largest absolute Gasteiger partial charge is 0.445 e. The molecule has 148 valence electrons. The maximum absolute atomic E-state index is 12.4. The lowest BCUT2D eigenvalue weighted by atomic mass is 10.0. The second-order valence-corrected chi connectivity index (χ2v) is 9.02. The molecule has 2 amide bonds. The summed E-state index contributed by atoms with van der Waals surface area (Å²) in [5, 5.41) is 1.01. The molecule has 0 radical (unpaired) electrons. The molecule has 0 aliphatic carbocycles. The maximum atomic E-state index is 12.4. The molecule has 1 aromatic rings. The molecule has 2 fully saturated rings. The van der Waals surface area contributed by atoms with Crippen molar-refractivity contribution in [1.82, 2.24) is 9.80 Å². The third-order valence-electron chi connectivity index (χ3n) is 4.68. The van der Waals surface area contributed by atoms with Crippen LogP contribution in [0, 0.1) is 11.8 Å². The van der Waals surface area contributed by atoms with Gasteiger partial charge in [-0.25, -0.2) is 9.59 Å². The predicted molar refractivity (Wildman–Crippen MR) is 103 cm³/mol. The first-order valence-electron chi connectivity index (χ1n) is 8.95. The average molecular weight is 415 g/mol. The first-order valence-corrected chi connectivity index (χ1v) is 9.71. The van der Waals surface area contributed by atoms with Crippen LogP contribution >= 0.6 is 23.2 Å². The minimum atomic E-state index is -0.506. The summed E-state index contributed by atoms with van der Waals surface area (Å²) in [6.45, 7) is 8.06. The highest BCUT2D eigenvalue weighted by molar-refractivity contribution is 6.34. The van der Waals surface area contributed by atoms with Gasteiger partial charge in [-0.05, 0) is 44.5 Å². The summed E-state index contributed by atoms with van der Waals surface area (Å²) in [6, 6.07) is 5.07. The number of ether oxygens (including phenoxy) is 2. The quantitative estimate of drug-likeness (QED) is 0.717. The molecule has 0 bridgehead atoms. The molecule has 2 saturated heterocycles. The SMILES string of the molecule is CC(C)(C)OC(=O)N1CC2CN(C(=O)OCc3cc(Cl)cc(Cl)c3)CC2C1. The molecule has 2 heterocycles. The van der Waals surface area contributed by atoms with Gasteiger partial charge in [0.15, 0.2) is 0 Å². The van der Waals surface area contributed by atoms with Gasteiger partial charge < -0.3 is 19.3 Å². The number of fused-ring (bicyclic) bond motifs is 1. The summed E-state index contributed by atoms with van der Waals surface area (Å²) in [7, 11) is 0. The van der Waals surface area contributed by atoms with Gasteiger partial charge in [0, 0.05) is 48.1 Å². The van der Waals surface area contributed by atoms with Gasteiger partial charge in [-0.15, -0.1) is 0 Å². The van der Waals surface area contributed by atoms with Gasteiger partial charge >= 0.3 is 12.2 Å². The van der Waals surface area contributed by atoms with E-state index in [1.54, 1.807) is 28.0 Å². The Morgan fingerprint density at radius 3 is 1.93 bits per heavy atom. The van der Waals surface area contributed by atoms with Crippen molar-refractivity contribution in [2.24, 2.45) is 11.8 Å². The molecule has 0 aromatic heterocycles. The molecule has 2 aliphatic rings. The van der Waals surface area contributed by atoms with Crippen LogP contribution in [-0.2, 0) is 16.1 Å². The lowest BCUT2D eigenvalue weighted by Gasteiger charge is -2.26. The molecule has 6 nitrogen and oxygen atoms in total. The zero-order valence-electron chi connectivity index (χ0n) is 15.7. The zero-order chi connectivity index (χ0) is 19.8. The Kier molecular flexibility index (Phi) is 5.77. The van der Waals surface area contributed by atoms with Gasteiger partial charge in [-0.1, -0.05) is 23.2 Å². The van der Waals surface area contributed by atoms with E-state index in [-0.39, 0.29) is 30.6 Å². The summed E-state index contributed by atoms with van der Waals surface area (Å²) >= 11 is 11.9. The molecule has 0 N–H and O–H groups in total. The van der Waals surface area contributed by atoms with E-state index in [0.29, 0.717) is 36.2 Å². The van der Waals surface area contributed by atoms with E-state index in [1.165, 1.54) is 0 Å². The maximum Gasteiger partial charge on any atom is 0.410 e. The van der Waals surface area contributed by atoms with Crippen LogP contribution in [0.5, 0.6) is 0 Å². The molecule has 1 aromatic carbocycles. The smallest absolute Gasteiger partial charge is 0.410 e. The fourth-order valence-electron chi connectivity index (χ4n) is 3.55. The van der Waals surface area contributed by atoms with Crippen molar-refractivity contribution in [3.63, 3.8) is 0 Å². The summed E-state index contributed by atoms with van der Waals surface area (Å²) in [6.07, 6.45) is -0.645. The van der Waals surface area contributed by atoms with Crippen molar-refractivity contribution in [2.45, 2.75) is 33.0 Å². The van der Waals surface area contributed by atoms with Crippen LogP contribution in [0.15, 0.2) is 18.2 Å². The molecule has 0 saturated carbocycles. The van der Waals surface area contributed by atoms with E-state index in [2.05, 4.69) is 0 Å². The number of likely N-dealkylation sites (tertiary alicyclic amines) is 2. The Labute approximate surface area is 169 Å². The van der Waals surface area contributed by atoms with Gasteiger partial charge in [0.05, 0.1) is 0 Å². The van der Waals surface area contributed by atoms with Crippen molar-refractivity contribution in [2.75, 3.05) is 26.2 Å². The fourth-order valence-corrected chi connectivity index (χ4v) is 4.12. The topological polar surface area (TPSA) is 59.1 Å². The molecule has 2 atom stereocenters. The Morgan fingerprint density at radius 1 is 0.963 bits per heavy atom. The van der Waals surface area contributed by atoms with Crippen LogP contribution < -0.4 is 0 Å². The highest BCUT2D eigenvalue weighted by Crippen LogP contribution is 2.32. The highest BCUT2D eigenvalue weighted by Gasteiger charge is 2.44. The first kappa shape index (κ1) is 20.1. The Balaban J connectivity index is 1.48. The van der Waals surface area contributed by atoms with Gasteiger partial charge in [0.1, 0.15) is 12.2 Å². The molecule has 2 unspecified atom stereocenters. The molecule has 2 aliphatic heterocycles. The number of halogens is 2. The number of hydrogen-bond acceptors (Lipinski definition) is 4. The lowest BCUT2D eigenvalue weighted by molar-refractivity contribution is 0.0274. The monoisotopic (exact) mass is 414 g/mol. The van der Waals surface area contributed by atoms with Crippen LogP contribution in [0.3, 0.4) is 0 Å². The molecular weight excluding hydrogens is 391 g/mol. The minimum Gasteiger partial charge on any atom is -0.445 e. The molecule has 0 spiro atoms. The molecular formula is C19H24Cl2N2O4. The second-order valence-electron chi connectivity index (χ2n) is 8.14. The van der Waals surface area contributed by atoms with Crippen molar-refractivity contribution >= 4 is 35.4 Å². The molecule has 3 rings (SSSR count). The van der Waals surface area contributed by atoms with E-state index >= 15 is 0 Å². The Bertz CT molecular complexity index is 701. The fraction of sp³-hybridized carbons (Fsp3) is 0.579. The van der Waals surface area contributed by atoms with Gasteiger partial charge in [-0.2, -0.15) is 0 Å². The normalized spacial score (nSPS) is 22.0.